The Kier molecular flexibility index (Phi) is 6.39. The van der Waals surface area contributed by atoms with Crippen molar-refractivity contribution >= 4 is 44.8 Å². The lowest BCUT2D eigenvalue weighted by molar-refractivity contribution is -0.123. The first kappa shape index (κ1) is 25.2. The fourth-order valence-electron chi connectivity index (χ4n) is 6.00. The van der Waals surface area contributed by atoms with Gasteiger partial charge in [-0.25, -0.2) is 8.42 Å². The number of nitrogens with zero attached hydrogens (tertiary/aromatic N) is 3. The minimum Gasteiger partial charge on any atom is -0.323 e. The van der Waals surface area contributed by atoms with Crippen molar-refractivity contribution in [3.8, 4) is 0 Å². The van der Waals surface area contributed by atoms with Crippen LogP contribution < -0.4 is 10.2 Å². The van der Waals surface area contributed by atoms with Crippen molar-refractivity contribution in [1.82, 2.24) is 9.21 Å². The monoisotopic (exact) mass is 530 g/mol. The summed E-state index contributed by atoms with van der Waals surface area (Å²) in [5, 5.41) is 3.21. The highest BCUT2D eigenvalue weighted by Crippen LogP contribution is 2.50. The molecule has 2 aromatic rings. The number of para-hydroxylation sites is 2. The molecular formula is C26H31ClN4O4S. The molecule has 192 valence electrons. The first-order chi connectivity index (χ1) is 17.0. The van der Waals surface area contributed by atoms with Crippen LogP contribution in [0.3, 0.4) is 0 Å². The Morgan fingerprint density at radius 1 is 1.08 bits per heavy atom. The van der Waals surface area contributed by atoms with E-state index in [-0.39, 0.29) is 35.2 Å². The molecule has 36 heavy (non-hydrogen) atoms. The number of halogens is 1. The number of carbonyl (C=O) groups is 2. The molecule has 3 heterocycles. The van der Waals surface area contributed by atoms with Crippen LogP contribution in [0.25, 0.3) is 0 Å². The zero-order valence-corrected chi connectivity index (χ0v) is 22.1. The molecule has 2 amide bonds. The van der Waals surface area contributed by atoms with E-state index in [9.17, 15) is 18.0 Å². The van der Waals surface area contributed by atoms with Crippen molar-refractivity contribution in [3.05, 3.63) is 53.6 Å². The number of piperidine rings is 1. The van der Waals surface area contributed by atoms with E-state index in [1.807, 2.05) is 32.0 Å². The van der Waals surface area contributed by atoms with Crippen LogP contribution in [-0.4, -0.2) is 67.7 Å². The molecule has 8 nitrogen and oxygen atoms in total. The normalized spacial score (nSPS) is 21.9. The number of rotatable bonds is 4. The first-order valence-electron chi connectivity index (χ1n) is 12.2. The first-order valence-corrected chi connectivity index (χ1v) is 14.0. The summed E-state index contributed by atoms with van der Waals surface area (Å²) in [4.78, 5) is 29.2. The van der Waals surface area contributed by atoms with Crippen LogP contribution in [0.15, 0.2) is 53.4 Å². The SMILES string of the molecule is CC1(C)CC2(CCN(CC(=O)N3CC(=O)Nc4ccccc43)CC2)CN1S(=O)(=O)c1cccc(Cl)c1. The minimum atomic E-state index is -3.69. The summed E-state index contributed by atoms with van der Waals surface area (Å²) in [7, 11) is -3.69. The molecule has 0 unspecified atom stereocenters. The molecule has 5 rings (SSSR count). The van der Waals surface area contributed by atoms with Crippen molar-refractivity contribution in [3.63, 3.8) is 0 Å². The number of nitrogens with one attached hydrogen (secondary N) is 1. The Bertz CT molecular complexity index is 1300. The van der Waals surface area contributed by atoms with E-state index >= 15 is 0 Å². The van der Waals surface area contributed by atoms with Gasteiger partial charge in [0.05, 0.1) is 22.8 Å². The average Bonchev–Trinajstić information content (AvgIpc) is 3.10. The molecule has 1 N–H and O–H groups in total. The molecule has 0 aromatic heterocycles. The molecule has 2 aromatic carbocycles. The molecule has 0 bridgehead atoms. The van der Waals surface area contributed by atoms with Crippen LogP contribution in [-0.2, 0) is 19.6 Å². The highest BCUT2D eigenvalue weighted by Gasteiger charge is 2.53. The second-order valence-corrected chi connectivity index (χ2v) is 13.1. The molecule has 0 atom stereocenters. The predicted molar refractivity (Wildman–Crippen MR) is 140 cm³/mol. The van der Waals surface area contributed by atoms with Gasteiger partial charge in [-0.3, -0.25) is 19.4 Å². The summed E-state index contributed by atoms with van der Waals surface area (Å²) in [6, 6.07) is 13.7. The molecule has 2 saturated heterocycles. The molecule has 3 aliphatic rings. The number of likely N-dealkylation sites (tertiary alicyclic amines) is 1. The van der Waals surface area contributed by atoms with Crippen LogP contribution in [0.4, 0.5) is 11.4 Å². The number of amides is 2. The summed E-state index contributed by atoms with van der Waals surface area (Å²) < 4.78 is 28.7. The number of anilines is 2. The Labute approximate surface area is 217 Å². The number of hydrogen-bond acceptors (Lipinski definition) is 5. The van der Waals surface area contributed by atoms with Crippen LogP contribution in [0, 0.1) is 5.41 Å². The molecule has 10 heteroatoms. The predicted octanol–water partition coefficient (Wildman–Crippen LogP) is 3.58. The number of benzene rings is 2. The van der Waals surface area contributed by atoms with Crippen LogP contribution in [0.2, 0.25) is 5.02 Å². The molecule has 0 aliphatic carbocycles. The molecule has 0 radical (unpaired) electrons. The molecule has 2 fully saturated rings. The van der Waals surface area contributed by atoms with Gasteiger partial charge in [-0.15, -0.1) is 0 Å². The van der Waals surface area contributed by atoms with Crippen LogP contribution >= 0.6 is 11.6 Å². The van der Waals surface area contributed by atoms with Gasteiger partial charge in [0.1, 0.15) is 6.54 Å². The maximum atomic E-state index is 13.5. The summed E-state index contributed by atoms with van der Waals surface area (Å²) in [6.07, 6.45) is 2.38. The number of carbonyl (C=O) groups excluding carboxylic acids is 2. The van der Waals surface area contributed by atoms with Gasteiger partial charge in [0, 0.05) is 17.1 Å². The molecule has 0 saturated carbocycles. The topological polar surface area (TPSA) is 90.0 Å². The number of hydrogen-bond donors (Lipinski definition) is 1. The number of sulfonamides is 1. The second kappa shape index (κ2) is 9.13. The van der Waals surface area contributed by atoms with Crippen molar-refractivity contribution in [1.29, 1.82) is 0 Å². The zero-order valence-electron chi connectivity index (χ0n) is 20.5. The van der Waals surface area contributed by atoms with Crippen LogP contribution in [0.1, 0.15) is 33.1 Å². The third kappa shape index (κ3) is 4.65. The summed E-state index contributed by atoms with van der Waals surface area (Å²) in [5.41, 5.74) is 0.708. The van der Waals surface area contributed by atoms with E-state index < -0.39 is 15.6 Å². The highest BCUT2D eigenvalue weighted by molar-refractivity contribution is 7.89. The Morgan fingerprint density at radius 2 is 1.81 bits per heavy atom. The van der Waals surface area contributed by atoms with Crippen molar-refractivity contribution in [2.75, 3.05) is 42.9 Å². The maximum absolute atomic E-state index is 13.5. The largest absolute Gasteiger partial charge is 0.323 e. The Hall–Kier alpha value is -2.46. The Balaban J connectivity index is 1.26. The smallest absolute Gasteiger partial charge is 0.244 e. The lowest BCUT2D eigenvalue weighted by atomic mass is 9.74. The van der Waals surface area contributed by atoms with Gasteiger partial charge in [-0.2, -0.15) is 4.31 Å². The van der Waals surface area contributed by atoms with E-state index in [0.717, 1.165) is 24.9 Å². The third-order valence-electron chi connectivity index (χ3n) is 7.69. The summed E-state index contributed by atoms with van der Waals surface area (Å²) in [5.74, 6) is -0.306. The molecule has 1 spiro atoms. The van der Waals surface area contributed by atoms with Crippen LogP contribution in [0.5, 0.6) is 0 Å². The molecule has 3 aliphatic heterocycles. The van der Waals surface area contributed by atoms with Crippen molar-refractivity contribution in [2.24, 2.45) is 5.41 Å². The minimum absolute atomic E-state index is 0.0120. The quantitative estimate of drug-likeness (QED) is 0.652. The van der Waals surface area contributed by atoms with Gasteiger partial charge in [0.15, 0.2) is 0 Å². The van der Waals surface area contributed by atoms with Gasteiger partial charge in [0.2, 0.25) is 21.8 Å². The van der Waals surface area contributed by atoms with E-state index in [1.54, 1.807) is 33.5 Å². The van der Waals surface area contributed by atoms with Gasteiger partial charge < -0.3 is 5.32 Å². The average molecular weight is 531 g/mol. The summed E-state index contributed by atoms with van der Waals surface area (Å²) in [6.45, 7) is 6.07. The van der Waals surface area contributed by atoms with Gasteiger partial charge in [0.25, 0.3) is 0 Å². The fraction of sp³-hybridized carbons (Fsp3) is 0.462. The maximum Gasteiger partial charge on any atom is 0.244 e. The van der Waals surface area contributed by atoms with Gasteiger partial charge in [-0.1, -0.05) is 29.8 Å². The standard InChI is InChI=1S/C26H31ClN4O4S/c1-25(2)17-26(18-31(25)36(34,35)20-7-5-6-19(27)14-20)10-12-29(13-11-26)16-24(33)30-15-23(32)28-21-8-3-4-9-22(21)30/h3-9,14H,10-13,15-18H2,1-2H3,(H,28,32). The van der Waals surface area contributed by atoms with Gasteiger partial charge >= 0.3 is 0 Å². The molecular weight excluding hydrogens is 500 g/mol. The summed E-state index contributed by atoms with van der Waals surface area (Å²) >= 11 is 6.08. The lowest BCUT2D eigenvalue weighted by Gasteiger charge is -2.40. The highest BCUT2D eigenvalue weighted by atomic mass is 35.5. The van der Waals surface area contributed by atoms with Crippen molar-refractivity contribution in [2.45, 2.75) is 43.5 Å². The lowest BCUT2D eigenvalue weighted by Crippen LogP contribution is -2.49. The third-order valence-corrected chi connectivity index (χ3v) is 9.98. The second-order valence-electron chi connectivity index (χ2n) is 10.8. The van der Waals surface area contributed by atoms with Gasteiger partial charge in [-0.05, 0) is 81.9 Å². The van der Waals surface area contributed by atoms with Crippen molar-refractivity contribution < 1.29 is 18.0 Å². The van der Waals surface area contributed by atoms with E-state index in [0.29, 0.717) is 30.3 Å². The zero-order chi connectivity index (χ0) is 25.7. The van der Waals surface area contributed by atoms with E-state index in [4.69, 9.17) is 11.6 Å². The fourth-order valence-corrected chi connectivity index (χ4v) is 8.19. The Morgan fingerprint density at radius 3 is 2.53 bits per heavy atom. The van der Waals surface area contributed by atoms with E-state index in [2.05, 4.69) is 10.2 Å². The number of fused-ring (bicyclic) bond motifs is 1. The van der Waals surface area contributed by atoms with E-state index in [1.165, 1.54) is 6.07 Å².